The van der Waals surface area contributed by atoms with E-state index in [0.717, 1.165) is 87.2 Å². The Morgan fingerprint density at radius 3 is 1.26 bits per heavy atom. The number of ketones is 2. The molecule has 0 amide bonds. The Bertz CT molecular complexity index is 1660. The second-order valence-corrected chi connectivity index (χ2v) is 11.4. The highest BCUT2D eigenvalue weighted by molar-refractivity contribution is 6.07. The Labute approximate surface area is 247 Å². The summed E-state index contributed by atoms with van der Waals surface area (Å²) in [5.74, 6) is 0.0453. The second-order valence-electron chi connectivity index (χ2n) is 11.4. The molecule has 0 spiro atoms. The molecule has 0 fully saturated rings. The smallest absolute Gasteiger partial charge is 0.161 e. The van der Waals surface area contributed by atoms with Gasteiger partial charge in [-0.05, 0) is 64.6 Å². The van der Waals surface area contributed by atoms with Gasteiger partial charge in [0.1, 0.15) is 0 Å². The monoisotopic (exact) mass is 547 g/mol. The summed E-state index contributed by atoms with van der Waals surface area (Å²) < 4.78 is 0. The van der Waals surface area contributed by atoms with Gasteiger partial charge >= 0.3 is 0 Å². The van der Waals surface area contributed by atoms with E-state index >= 15 is 0 Å². The van der Waals surface area contributed by atoms with Crippen LogP contribution in [0.15, 0.2) is 138 Å². The molecule has 7 rings (SSSR count). The van der Waals surface area contributed by atoms with E-state index in [1.165, 1.54) is 0 Å². The Hall–Kier alpha value is -4.76. The van der Waals surface area contributed by atoms with E-state index in [1.54, 1.807) is 0 Å². The molecule has 0 atom stereocenters. The first-order valence-electron chi connectivity index (χ1n) is 15.0. The van der Waals surface area contributed by atoms with E-state index in [9.17, 15) is 9.59 Å². The topological polar surface area (TPSA) is 46.2 Å². The zero-order valence-electron chi connectivity index (χ0n) is 23.6. The van der Waals surface area contributed by atoms with E-state index < -0.39 is 0 Å². The number of dihydropyridines is 1. The van der Waals surface area contributed by atoms with Crippen molar-refractivity contribution >= 4 is 22.7 Å². The van der Waals surface area contributed by atoms with E-state index in [1.807, 2.05) is 18.2 Å². The van der Waals surface area contributed by atoms with Crippen LogP contribution in [0.1, 0.15) is 72.3 Å². The fraction of sp³-hybridized carbons (Fsp3) is 0.179. The zero-order chi connectivity index (χ0) is 28.5. The number of carbonyl (C=O) groups is 2. The van der Waals surface area contributed by atoms with Gasteiger partial charge in [0.05, 0.1) is 0 Å². The lowest BCUT2D eigenvalue weighted by Gasteiger charge is -2.37. The SMILES string of the molecule is O=C1CCCC2=C1C(c1ccc(C(=C(c3ccccc3)c3ccccc3)c3ccccc3)cc1)C1=C(CCCC1=O)N2. The lowest BCUT2D eigenvalue weighted by molar-refractivity contribution is -0.116. The molecule has 42 heavy (non-hydrogen) atoms. The minimum Gasteiger partial charge on any atom is -0.362 e. The molecule has 2 aliphatic carbocycles. The van der Waals surface area contributed by atoms with Crippen molar-refractivity contribution in [3.63, 3.8) is 0 Å². The molecule has 0 bridgehead atoms. The largest absolute Gasteiger partial charge is 0.362 e. The maximum absolute atomic E-state index is 13.3. The molecule has 0 aromatic heterocycles. The van der Waals surface area contributed by atoms with Gasteiger partial charge in [-0.1, -0.05) is 115 Å². The van der Waals surface area contributed by atoms with E-state index in [4.69, 9.17) is 0 Å². The fourth-order valence-electron chi connectivity index (χ4n) is 6.88. The van der Waals surface area contributed by atoms with Gasteiger partial charge in [-0.2, -0.15) is 0 Å². The Balaban J connectivity index is 1.41. The van der Waals surface area contributed by atoms with Gasteiger partial charge in [0.2, 0.25) is 0 Å². The Morgan fingerprint density at radius 2 is 0.857 bits per heavy atom. The Kier molecular flexibility index (Phi) is 7.01. The average Bonchev–Trinajstić information content (AvgIpc) is 3.04. The van der Waals surface area contributed by atoms with E-state index in [2.05, 4.69) is 102 Å². The number of allylic oxidation sites excluding steroid dienone is 4. The number of rotatable bonds is 5. The standard InChI is InChI=1S/C39H33NO2/c41-33-20-10-18-31-38(33)37(39-32(40-31)19-11-21-34(39)42)30-24-22-29(23-25-30)36(28-16-8-3-9-17-28)35(26-12-4-1-5-13-26)27-14-6-2-7-15-27/h1-9,12-17,22-25,37,40H,10-11,18-21H2. The molecule has 3 nitrogen and oxygen atoms in total. The number of hydrogen-bond donors (Lipinski definition) is 1. The first kappa shape index (κ1) is 26.2. The maximum Gasteiger partial charge on any atom is 0.161 e. The van der Waals surface area contributed by atoms with Crippen molar-refractivity contribution in [1.29, 1.82) is 0 Å². The molecule has 0 saturated carbocycles. The van der Waals surface area contributed by atoms with Gasteiger partial charge in [-0.15, -0.1) is 0 Å². The summed E-state index contributed by atoms with van der Waals surface area (Å²) in [5.41, 5.74) is 11.5. The maximum atomic E-state index is 13.3. The van der Waals surface area contributed by atoms with Gasteiger partial charge in [-0.3, -0.25) is 9.59 Å². The number of hydrogen-bond acceptors (Lipinski definition) is 3. The number of Topliss-reactive ketones (excluding diaryl/α,β-unsaturated/α-hetero) is 2. The Morgan fingerprint density at radius 1 is 0.476 bits per heavy atom. The van der Waals surface area contributed by atoms with Crippen LogP contribution in [0.5, 0.6) is 0 Å². The third-order valence-corrected chi connectivity index (χ3v) is 8.76. The molecule has 1 heterocycles. The quantitative estimate of drug-likeness (QED) is 0.255. The summed E-state index contributed by atoms with van der Waals surface area (Å²) in [6.07, 6.45) is 4.53. The van der Waals surface area contributed by atoms with Crippen molar-refractivity contribution in [3.8, 4) is 0 Å². The number of carbonyl (C=O) groups excluding carboxylic acids is 2. The summed E-state index contributed by atoms with van der Waals surface area (Å²) in [4.78, 5) is 26.6. The molecular weight excluding hydrogens is 514 g/mol. The third kappa shape index (κ3) is 4.75. The normalized spacial score (nSPS) is 17.0. The molecule has 3 aliphatic rings. The average molecular weight is 548 g/mol. The molecule has 0 saturated heterocycles. The highest BCUT2D eigenvalue weighted by Gasteiger charge is 2.40. The van der Waals surface area contributed by atoms with Gasteiger partial charge < -0.3 is 5.32 Å². The van der Waals surface area contributed by atoms with Crippen LogP contribution in [0.3, 0.4) is 0 Å². The highest BCUT2D eigenvalue weighted by atomic mass is 16.1. The van der Waals surface area contributed by atoms with Crippen LogP contribution in [-0.2, 0) is 9.59 Å². The first-order chi connectivity index (χ1) is 20.7. The summed E-state index contributed by atoms with van der Waals surface area (Å²) in [6.45, 7) is 0. The van der Waals surface area contributed by atoms with Crippen LogP contribution in [-0.4, -0.2) is 11.6 Å². The van der Waals surface area contributed by atoms with E-state index in [0.29, 0.717) is 12.8 Å². The molecule has 1 N–H and O–H groups in total. The molecular formula is C39H33NO2. The third-order valence-electron chi connectivity index (χ3n) is 8.76. The highest BCUT2D eigenvalue weighted by Crippen LogP contribution is 2.46. The lowest BCUT2D eigenvalue weighted by Crippen LogP contribution is -2.36. The summed E-state index contributed by atoms with van der Waals surface area (Å²) >= 11 is 0. The van der Waals surface area contributed by atoms with Crippen LogP contribution in [0.25, 0.3) is 11.1 Å². The lowest BCUT2D eigenvalue weighted by atomic mass is 9.71. The van der Waals surface area contributed by atoms with E-state index in [-0.39, 0.29) is 17.5 Å². The van der Waals surface area contributed by atoms with Crippen molar-refractivity contribution in [2.45, 2.75) is 44.4 Å². The fourth-order valence-corrected chi connectivity index (χ4v) is 6.88. The number of nitrogens with one attached hydrogen (secondary N) is 1. The van der Waals surface area contributed by atoms with Gasteiger partial charge in [0, 0.05) is 41.3 Å². The molecule has 206 valence electrons. The molecule has 0 radical (unpaired) electrons. The molecule has 4 aromatic rings. The summed E-state index contributed by atoms with van der Waals surface area (Å²) in [5, 5.41) is 3.53. The van der Waals surface area contributed by atoms with Crippen molar-refractivity contribution < 1.29 is 9.59 Å². The van der Waals surface area contributed by atoms with Crippen LogP contribution in [0.2, 0.25) is 0 Å². The second kappa shape index (κ2) is 11.3. The summed E-state index contributed by atoms with van der Waals surface area (Å²) in [6, 6.07) is 40.3. The van der Waals surface area contributed by atoms with Crippen molar-refractivity contribution in [2.75, 3.05) is 0 Å². The van der Waals surface area contributed by atoms with Crippen LogP contribution < -0.4 is 5.32 Å². The predicted molar refractivity (Wildman–Crippen MR) is 168 cm³/mol. The summed E-state index contributed by atoms with van der Waals surface area (Å²) in [7, 11) is 0. The van der Waals surface area contributed by atoms with Crippen molar-refractivity contribution in [3.05, 3.63) is 166 Å². The molecule has 0 unspecified atom stereocenters. The van der Waals surface area contributed by atoms with Gasteiger partial charge in [-0.25, -0.2) is 0 Å². The van der Waals surface area contributed by atoms with Crippen molar-refractivity contribution in [1.82, 2.24) is 5.32 Å². The minimum absolute atomic E-state index is 0.170. The number of benzene rings is 4. The van der Waals surface area contributed by atoms with Crippen LogP contribution >= 0.6 is 0 Å². The van der Waals surface area contributed by atoms with Gasteiger partial charge in [0.25, 0.3) is 0 Å². The minimum atomic E-state index is -0.294. The predicted octanol–water partition coefficient (Wildman–Crippen LogP) is 8.40. The molecule has 3 heteroatoms. The zero-order valence-corrected chi connectivity index (χ0v) is 23.6. The molecule has 4 aromatic carbocycles. The van der Waals surface area contributed by atoms with Crippen LogP contribution in [0.4, 0.5) is 0 Å². The molecule has 1 aliphatic heterocycles. The van der Waals surface area contributed by atoms with Crippen LogP contribution in [0, 0.1) is 0 Å². The van der Waals surface area contributed by atoms with Gasteiger partial charge in [0.15, 0.2) is 11.6 Å². The van der Waals surface area contributed by atoms with Crippen molar-refractivity contribution in [2.24, 2.45) is 0 Å². The first-order valence-corrected chi connectivity index (χ1v) is 15.0.